The van der Waals surface area contributed by atoms with Crippen LogP contribution in [0.15, 0.2) is 72.8 Å². The van der Waals surface area contributed by atoms with Crippen molar-refractivity contribution in [3.05, 3.63) is 89.7 Å². The first-order valence-corrected chi connectivity index (χ1v) is 9.37. The largest absolute Gasteiger partial charge is 0.489 e. The van der Waals surface area contributed by atoms with Crippen LogP contribution in [-0.4, -0.2) is 22.8 Å². The third kappa shape index (κ3) is 5.90. The van der Waals surface area contributed by atoms with E-state index < -0.39 is 0 Å². The maximum atomic E-state index is 12.5. The van der Waals surface area contributed by atoms with Gasteiger partial charge >= 0.3 is 0 Å². The Morgan fingerprint density at radius 1 is 0.862 bits per heavy atom. The van der Waals surface area contributed by atoms with Crippen molar-refractivity contribution in [2.75, 3.05) is 5.32 Å². The van der Waals surface area contributed by atoms with E-state index in [9.17, 15) is 9.59 Å². The van der Waals surface area contributed by atoms with E-state index in [0.29, 0.717) is 18.0 Å². The monoisotopic (exact) mass is 389 g/mol. The molecule has 6 heteroatoms. The summed E-state index contributed by atoms with van der Waals surface area (Å²) in [4.78, 5) is 28.7. The smallest absolute Gasteiger partial charge is 0.274 e. The molecule has 0 saturated carbocycles. The molecule has 0 atom stereocenters. The molecule has 0 fully saturated rings. The van der Waals surface area contributed by atoms with Crippen LogP contribution in [0.25, 0.3) is 0 Å². The highest BCUT2D eigenvalue weighted by molar-refractivity contribution is 6.03. The van der Waals surface area contributed by atoms with E-state index in [0.717, 1.165) is 5.56 Å². The molecule has 0 spiro atoms. The lowest BCUT2D eigenvalue weighted by molar-refractivity contribution is 0.0938. The zero-order valence-electron chi connectivity index (χ0n) is 16.4. The van der Waals surface area contributed by atoms with Crippen LogP contribution in [0.1, 0.15) is 40.4 Å². The van der Waals surface area contributed by atoms with E-state index in [1.54, 1.807) is 42.5 Å². The number of carbonyl (C=O) groups is 2. The number of pyridine rings is 1. The molecule has 29 heavy (non-hydrogen) atoms. The highest BCUT2D eigenvalue weighted by Crippen LogP contribution is 2.17. The molecule has 148 valence electrons. The molecule has 2 aromatic carbocycles. The van der Waals surface area contributed by atoms with Crippen LogP contribution in [0.5, 0.6) is 5.75 Å². The van der Waals surface area contributed by atoms with E-state index in [1.165, 1.54) is 0 Å². The molecule has 1 aromatic heterocycles. The number of benzene rings is 2. The molecule has 3 aromatic rings. The Labute approximate surface area is 169 Å². The van der Waals surface area contributed by atoms with Gasteiger partial charge in [-0.25, -0.2) is 4.98 Å². The number of hydrogen-bond donors (Lipinski definition) is 2. The highest BCUT2D eigenvalue weighted by atomic mass is 16.5. The Balaban J connectivity index is 1.60. The van der Waals surface area contributed by atoms with Gasteiger partial charge in [0, 0.05) is 11.7 Å². The summed E-state index contributed by atoms with van der Waals surface area (Å²) < 4.78 is 5.74. The lowest BCUT2D eigenvalue weighted by atomic mass is 10.2. The van der Waals surface area contributed by atoms with Gasteiger partial charge in [0.25, 0.3) is 11.8 Å². The molecular formula is C23H23N3O3. The Bertz CT molecular complexity index is 970. The summed E-state index contributed by atoms with van der Waals surface area (Å²) in [5.41, 5.74) is 2.07. The van der Waals surface area contributed by atoms with E-state index in [2.05, 4.69) is 15.6 Å². The minimum atomic E-state index is -0.387. The third-order valence-corrected chi connectivity index (χ3v) is 3.99. The predicted molar refractivity (Wildman–Crippen MR) is 112 cm³/mol. The van der Waals surface area contributed by atoms with Crippen molar-refractivity contribution in [2.45, 2.75) is 26.5 Å². The number of rotatable bonds is 7. The first-order chi connectivity index (χ1) is 14.0. The van der Waals surface area contributed by atoms with Crippen LogP contribution in [-0.2, 0) is 6.61 Å². The van der Waals surface area contributed by atoms with Gasteiger partial charge in [0.05, 0.1) is 0 Å². The van der Waals surface area contributed by atoms with Gasteiger partial charge in [-0.15, -0.1) is 0 Å². The SMILES string of the molecule is CC(C)NC(=O)c1cccc(C(=O)Nc2ccc(OCc3ccccc3)cc2)n1. The first-order valence-electron chi connectivity index (χ1n) is 9.37. The number of carbonyl (C=O) groups excluding carboxylic acids is 2. The van der Waals surface area contributed by atoms with Crippen molar-refractivity contribution >= 4 is 17.5 Å². The van der Waals surface area contributed by atoms with Gasteiger partial charge in [-0.1, -0.05) is 36.4 Å². The molecule has 0 aliphatic rings. The second-order valence-corrected chi connectivity index (χ2v) is 6.79. The Morgan fingerprint density at radius 2 is 1.52 bits per heavy atom. The van der Waals surface area contributed by atoms with Crippen molar-refractivity contribution in [2.24, 2.45) is 0 Å². The first kappa shape index (κ1) is 20.1. The van der Waals surface area contributed by atoms with E-state index >= 15 is 0 Å². The van der Waals surface area contributed by atoms with Gasteiger partial charge in [-0.3, -0.25) is 9.59 Å². The average molecular weight is 389 g/mol. The standard InChI is InChI=1S/C23H23N3O3/c1-16(2)24-22(27)20-9-6-10-21(26-20)23(28)25-18-11-13-19(14-12-18)29-15-17-7-4-3-5-8-17/h3-14,16H,15H2,1-2H3,(H,24,27)(H,25,28). The fourth-order valence-corrected chi connectivity index (χ4v) is 2.59. The van der Waals surface area contributed by atoms with E-state index in [4.69, 9.17) is 4.74 Å². The summed E-state index contributed by atoms with van der Waals surface area (Å²) >= 11 is 0. The zero-order chi connectivity index (χ0) is 20.6. The summed E-state index contributed by atoms with van der Waals surface area (Å²) in [6, 6.07) is 21.8. The molecule has 0 aliphatic heterocycles. The molecule has 0 unspecified atom stereocenters. The van der Waals surface area contributed by atoms with Gasteiger partial charge in [0.15, 0.2) is 0 Å². The van der Waals surface area contributed by atoms with E-state index in [1.807, 2.05) is 44.2 Å². The normalized spacial score (nSPS) is 10.4. The number of nitrogens with one attached hydrogen (secondary N) is 2. The molecule has 2 N–H and O–H groups in total. The molecule has 1 heterocycles. The van der Waals surface area contributed by atoms with Crippen molar-refractivity contribution in [3.63, 3.8) is 0 Å². The quantitative estimate of drug-likeness (QED) is 0.639. The van der Waals surface area contributed by atoms with Crippen molar-refractivity contribution in [3.8, 4) is 5.75 Å². The predicted octanol–water partition coefficient (Wildman–Crippen LogP) is 4.05. The second-order valence-electron chi connectivity index (χ2n) is 6.79. The Morgan fingerprint density at radius 3 is 2.17 bits per heavy atom. The molecule has 0 radical (unpaired) electrons. The minimum Gasteiger partial charge on any atom is -0.489 e. The number of anilines is 1. The van der Waals surface area contributed by atoms with Gasteiger partial charge in [0.2, 0.25) is 0 Å². The van der Waals surface area contributed by atoms with Crippen molar-refractivity contribution < 1.29 is 14.3 Å². The highest BCUT2D eigenvalue weighted by Gasteiger charge is 2.13. The Kier molecular flexibility index (Phi) is 6.58. The average Bonchev–Trinajstić information content (AvgIpc) is 2.73. The fourth-order valence-electron chi connectivity index (χ4n) is 2.59. The summed E-state index contributed by atoms with van der Waals surface area (Å²) in [6.45, 7) is 4.20. The number of amides is 2. The van der Waals surface area contributed by atoms with Crippen LogP contribution in [0.4, 0.5) is 5.69 Å². The van der Waals surface area contributed by atoms with Gasteiger partial charge in [-0.05, 0) is 55.8 Å². The number of nitrogens with zero attached hydrogens (tertiary/aromatic N) is 1. The molecule has 3 rings (SSSR count). The molecule has 0 aliphatic carbocycles. The molecule has 0 saturated heterocycles. The zero-order valence-corrected chi connectivity index (χ0v) is 16.4. The van der Waals surface area contributed by atoms with Crippen LogP contribution < -0.4 is 15.4 Å². The summed E-state index contributed by atoms with van der Waals surface area (Å²) in [7, 11) is 0. The van der Waals surface area contributed by atoms with Crippen LogP contribution in [0.2, 0.25) is 0 Å². The lowest BCUT2D eigenvalue weighted by Crippen LogP contribution is -2.31. The van der Waals surface area contributed by atoms with Crippen LogP contribution >= 0.6 is 0 Å². The van der Waals surface area contributed by atoms with Crippen molar-refractivity contribution in [1.82, 2.24) is 10.3 Å². The minimum absolute atomic E-state index is 0.00981. The second kappa shape index (κ2) is 9.50. The van der Waals surface area contributed by atoms with Crippen LogP contribution in [0, 0.1) is 0 Å². The maximum absolute atomic E-state index is 12.5. The summed E-state index contributed by atoms with van der Waals surface area (Å²) in [5.74, 6) is 0.00838. The number of ether oxygens (including phenoxy) is 1. The Hall–Kier alpha value is -3.67. The van der Waals surface area contributed by atoms with Gasteiger partial charge in [-0.2, -0.15) is 0 Å². The number of aromatic nitrogens is 1. The molecule has 0 bridgehead atoms. The van der Waals surface area contributed by atoms with E-state index in [-0.39, 0.29) is 29.2 Å². The number of hydrogen-bond acceptors (Lipinski definition) is 4. The summed E-state index contributed by atoms with van der Waals surface area (Å²) in [5, 5.41) is 5.54. The van der Waals surface area contributed by atoms with Gasteiger partial charge < -0.3 is 15.4 Å². The van der Waals surface area contributed by atoms with Crippen LogP contribution in [0.3, 0.4) is 0 Å². The molecular weight excluding hydrogens is 366 g/mol. The summed E-state index contributed by atoms with van der Waals surface area (Å²) in [6.07, 6.45) is 0. The van der Waals surface area contributed by atoms with Crippen molar-refractivity contribution in [1.29, 1.82) is 0 Å². The lowest BCUT2D eigenvalue weighted by Gasteiger charge is -2.10. The molecule has 2 amide bonds. The molecule has 6 nitrogen and oxygen atoms in total. The third-order valence-electron chi connectivity index (χ3n) is 3.99. The fraction of sp³-hybridized carbons (Fsp3) is 0.174. The maximum Gasteiger partial charge on any atom is 0.274 e. The topological polar surface area (TPSA) is 80.3 Å². The van der Waals surface area contributed by atoms with Gasteiger partial charge in [0.1, 0.15) is 23.7 Å².